The smallest absolute Gasteiger partial charge is 0.266 e. The van der Waals surface area contributed by atoms with Crippen molar-refractivity contribution < 1.29 is 19.2 Å². The average Bonchev–Trinajstić information content (AvgIpc) is 3.41. The molecule has 2 aromatic rings. The fourth-order valence-corrected chi connectivity index (χ4v) is 7.44. The predicted octanol–water partition coefficient (Wildman–Crippen LogP) is 2.49. The maximum absolute atomic E-state index is 12.8. The molecule has 2 aromatic carbocycles. The highest BCUT2D eigenvalue weighted by Crippen LogP contribution is 2.35. The Morgan fingerprint density at radius 1 is 1.09 bits per heavy atom. The predicted molar refractivity (Wildman–Crippen MR) is 146 cm³/mol. The third-order valence-corrected chi connectivity index (χ3v) is 9.49. The van der Waals surface area contributed by atoms with Gasteiger partial charge in [0.05, 0.1) is 15.5 Å². The number of benzene rings is 2. The van der Waals surface area contributed by atoms with Crippen LogP contribution in [0.5, 0.6) is 0 Å². The third-order valence-electron chi connectivity index (χ3n) is 5.29. The number of hydrogen-bond acceptors (Lipinski definition) is 7. The first kappa shape index (κ1) is 23.5. The number of hydrogen-bond donors (Lipinski definition) is 2. The summed E-state index contributed by atoms with van der Waals surface area (Å²) in [5.41, 5.74) is 4.69. The van der Waals surface area contributed by atoms with E-state index in [0.717, 1.165) is 22.3 Å². The van der Waals surface area contributed by atoms with Gasteiger partial charge in [-0.25, -0.2) is 5.01 Å². The summed E-state index contributed by atoms with van der Waals surface area (Å²) in [5, 5.41) is 3.78. The van der Waals surface area contributed by atoms with Gasteiger partial charge in [0.2, 0.25) is 0 Å². The van der Waals surface area contributed by atoms with Crippen LogP contribution in [-0.4, -0.2) is 59.3 Å². The summed E-state index contributed by atoms with van der Waals surface area (Å²) in [7, 11) is -0.983. The normalized spacial score (nSPS) is 21.7. The Bertz CT molecular complexity index is 1400. The van der Waals surface area contributed by atoms with E-state index < -0.39 is 22.3 Å². The summed E-state index contributed by atoms with van der Waals surface area (Å²) in [6, 6.07) is 16.5. The van der Waals surface area contributed by atoms with E-state index in [9.17, 15) is 19.2 Å². The number of hydrazine groups is 1. The summed E-state index contributed by atoms with van der Waals surface area (Å²) < 4.78 is 0.400. The lowest BCUT2D eigenvalue weighted by atomic mass is 10.2. The minimum atomic E-state index is -0.983. The van der Waals surface area contributed by atoms with Gasteiger partial charge in [0.1, 0.15) is 10.9 Å². The lowest BCUT2D eigenvalue weighted by Gasteiger charge is -2.19. The van der Waals surface area contributed by atoms with Crippen LogP contribution in [0.4, 0.5) is 5.69 Å². The summed E-state index contributed by atoms with van der Waals surface area (Å²) >= 11 is 11.9. The van der Waals surface area contributed by atoms with E-state index >= 15 is 0 Å². The Labute approximate surface area is 217 Å². The molecule has 0 radical (unpaired) electrons. The van der Waals surface area contributed by atoms with Gasteiger partial charge in [0.25, 0.3) is 23.6 Å². The Balaban J connectivity index is 1.30. The first-order chi connectivity index (χ1) is 16.8. The van der Waals surface area contributed by atoms with Gasteiger partial charge >= 0.3 is 0 Å². The average molecular weight is 541 g/mol. The fraction of sp³-hybridized carbons (Fsp3) is 0.0870. The standard InChI is InChI=1S/C23H16N4O4S4/c28-17(11-26-21(31)16(34-22(26)32)10-13-6-2-1-3-7-13)25-27-18(29)12-35(23(27)33)19-14-8-4-5-9-15(14)24-20(19)30/h1-10H,11-12H2,(H,24,30)(H,25,28)/b16-10+. The van der Waals surface area contributed by atoms with Crippen molar-refractivity contribution in [3.8, 4) is 0 Å². The molecule has 2 fully saturated rings. The van der Waals surface area contributed by atoms with E-state index in [-0.39, 0.29) is 32.8 Å². The van der Waals surface area contributed by atoms with Crippen molar-refractivity contribution in [3.05, 3.63) is 70.6 Å². The molecule has 35 heavy (non-hydrogen) atoms. The van der Waals surface area contributed by atoms with Crippen LogP contribution in [0.2, 0.25) is 0 Å². The lowest BCUT2D eigenvalue weighted by Crippen LogP contribution is -2.49. The zero-order chi connectivity index (χ0) is 24.7. The summed E-state index contributed by atoms with van der Waals surface area (Å²) in [4.78, 5) is 52.9. The van der Waals surface area contributed by atoms with Gasteiger partial charge in [0.15, 0.2) is 4.32 Å². The van der Waals surface area contributed by atoms with Gasteiger partial charge in [0, 0.05) is 11.3 Å². The molecular weight excluding hydrogens is 525 g/mol. The van der Waals surface area contributed by atoms with Crippen molar-refractivity contribution in [3.63, 3.8) is 0 Å². The number of nitrogens with one attached hydrogen (secondary N) is 2. The van der Waals surface area contributed by atoms with Crippen LogP contribution >= 0.6 is 46.7 Å². The van der Waals surface area contributed by atoms with Crippen LogP contribution < -0.4 is 10.7 Å². The molecule has 0 spiro atoms. The highest BCUT2D eigenvalue weighted by atomic mass is 32.2. The van der Waals surface area contributed by atoms with Gasteiger partial charge in [-0.1, -0.05) is 84.7 Å². The Morgan fingerprint density at radius 3 is 2.57 bits per heavy atom. The summed E-state index contributed by atoms with van der Waals surface area (Å²) in [6.45, 7) is -0.364. The number of anilines is 1. The number of rotatable bonds is 4. The monoisotopic (exact) mass is 540 g/mol. The highest BCUT2D eigenvalue weighted by Gasteiger charge is 2.39. The number of fused-ring (bicyclic) bond motifs is 1. The SMILES string of the molecule is O=C(CN1C(=O)/C(=C\c2ccccc2)SC1=S)NN1C(=O)C/S(=C2\C(=O)Nc3ccccc32)C1=S. The summed E-state index contributed by atoms with van der Waals surface area (Å²) in [5.74, 6) is -1.75. The van der Waals surface area contributed by atoms with E-state index in [1.807, 2.05) is 30.3 Å². The maximum atomic E-state index is 12.8. The molecule has 0 bridgehead atoms. The van der Waals surface area contributed by atoms with E-state index in [0.29, 0.717) is 21.0 Å². The fourth-order valence-electron chi connectivity index (χ4n) is 3.71. The second kappa shape index (κ2) is 9.46. The molecule has 2 N–H and O–H groups in total. The minimum absolute atomic E-state index is 0.0168. The molecule has 12 heteroatoms. The molecule has 3 heterocycles. The van der Waals surface area contributed by atoms with E-state index in [1.54, 1.807) is 30.3 Å². The Morgan fingerprint density at radius 2 is 1.80 bits per heavy atom. The van der Waals surface area contributed by atoms with Gasteiger partial charge in [-0.05, 0) is 17.7 Å². The van der Waals surface area contributed by atoms with Crippen molar-refractivity contribution in [1.29, 1.82) is 0 Å². The number of carbonyl (C=O) groups excluding carboxylic acids is 4. The molecule has 2 saturated heterocycles. The topological polar surface area (TPSA) is 98.8 Å². The molecule has 0 saturated carbocycles. The van der Waals surface area contributed by atoms with E-state index in [2.05, 4.69) is 10.7 Å². The van der Waals surface area contributed by atoms with Gasteiger partial charge in [-0.3, -0.25) is 29.5 Å². The third kappa shape index (κ3) is 4.45. The number of amides is 4. The minimum Gasteiger partial charge on any atom is -0.321 e. The molecule has 1 atom stereocenters. The van der Waals surface area contributed by atoms with Gasteiger partial charge in [-0.2, -0.15) is 0 Å². The van der Waals surface area contributed by atoms with Crippen molar-refractivity contribution in [2.75, 3.05) is 17.6 Å². The number of nitrogens with zero attached hydrogens (tertiary/aromatic N) is 2. The molecule has 3 aliphatic heterocycles. The first-order valence-electron chi connectivity index (χ1n) is 10.3. The first-order valence-corrected chi connectivity index (χ1v) is 13.3. The number of para-hydroxylation sites is 1. The zero-order valence-electron chi connectivity index (χ0n) is 17.8. The second-order valence-corrected chi connectivity index (χ2v) is 11.8. The number of thioether (sulfide) groups is 1. The van der Waals surface area contributed by atoms with Crippen LogP contribution in [0, 0.1) is 0 Å². The van der Waals surface area contributed by atoms with Crippen molar-refractivity contribution in [2.24, 2.45) is 0 Å². The van der Waals surface area contributed by atoms with E-state index in [4.69, 9.17) is 24.4 Å². The molecule has 176 valence electrons. The molecular formula is C23H16N4O4S4. The van der Waals surface area contributed by atoms with Crippen LogP contribution in [0.3, 0.4) is 0 Å². The van der Waals surface area contributed by atoms with Gasteiger partial charge in [-0.15, -0.1) is 10.5 Å². The molecule has 4 amide bonds. The molecule has 0 aliphatic carbocycles. The molecule has 0 aromatic heterocycles. The van der Waals surface area contributed by atoms with Crippen LogP contribution in [0.15, 0.2) is 59.5 Å². The Hall–Kier alpha value is -3.19. The molecule has 5 rings (SSSR count). The molecule has 1 unspecified atom stereocenters. The summed E-state index contributed by atoms with van der Waals surface area (Å²) in [6.07, 6.45) is 1.71. The van der Waals surface area contributed by atoms with Crippen LogP contribution in [0.25, 0.3) is 6.08 Å². The number of carbonyl (C=O) groups is 4. The largest absolute Gasteiger partial charge is 0.321 e. The number of thiocarbonyl (C=S) groups is 2. The van der Waals surface area contributed by atoms with Crippen molar-refractivity contribution in [2.45, 2.75) is 0 Å². The zero-order valence-corrected chi connectivity index (χ0v) is 21.1. The highest BCUT2D eigenvalue weighted by molar-refractivity contribution is 8.36. The quantitative estimate of drug-likeness (QED) is 0.454. The van der Waals surface area contributed by atoms with Crippen molar-refractivity contribution >= 4 is 95.6 Å². The maximum Gasteiger partial charge on any atom is 0.266 e. The Kier molecular flexibility index (Phi) is 6.36. The second-order valence-electron chi connectivity index (χ2n) is 7.57. The van der Waals surface area contributed by atoms with Crippen LogP contribution in [-0.2, 0) is 19.2 Å². The van der Waals surface area contributed by atoms with E-state index in [1.165, 1.54) is 4.90 Å². The van der Waals surface area contributed by atoms with Gasteiger partial charge < -0.3 is 5.32 Å². The molecule has 8 nitrogen and oxygen atoms in total. The molecule has 3 aliphatic rings. The van der Waals surface area contributed by atoms with Crippen LogP contribution in [0.1, 0.15) is 11.1 Å². The lowest BCUT2D eigenvalue weighted by molar-refractivity contribution is -0.135. The van der Waals surface area contributed by atoms with Crippen molar-refractivity contribution in [1.82, 2.24) is 15.3 Å².